The predicted octanol–water partition coefficient (Wildman–Crippen LogP) is 3.37. The van der Waals surface area contributed by atoms with Crippen molar-refractivity contribution in [2.24, 2.45) is 0 Å². The predicted molar refractivity (Wildman–Crippen MR) is 82.8 cm³/mol. The molecule has 1 aliphatic heterocycles. The lowest BCUT2D eigenvalue weighted by atomic mass is 9.98. The van der Waals surface area contributed by atoms with Crippen LogP contribution in [0.2, 0.25) is 0 Å². The molecule has 1 fully saturated rings. The number of benzene rings is 2. The second-order valence-corrected chi connectivity index (χ2v) is 5.14. The molecule has 1 amide bonds. The van der Waals surface area contributed by atoms with E-state index in [1.165, 1.54) is 12.0 Å². The van der Waals surface area contributed by atoms with Gasteiger partial charge in [0.15, 0.2) is 0 Å². The summed E-state index contributed by atoms with van der Waals surface area (Å²) in [6, 6.07) is 17.0. The van der Waals surface area contributed by atoms with Crippen molar-refractivity contribution in [2.45, 2.75) is 12.3 Å². The second-order valence-electron chi connectivity index (χ2n) is 5.14. The minimum atomic E-state index is -0.475. The van der Waals surface area contributed by atoms with Crippen molar-refractivity contribution in [1.29, 1.82) is 0 Å². The second kappa shape index (κ2) is 6.41. The van der Waals surface area contributed by atoms with Gasteiger partial charge in [-0.15, -0.1) is 0 Å². The summed E-state index contributed by atoms with van der Waals surface area (Å²) in [6.45, 7) is 2.11. The number of amides is 1. The zero-order valence-electron chi connectivity index (χ0n) is 11.7. The van der Waals surface area contributed by atoms with E-state index in [2.05, 4.69) is 22.8 Å². The number of para-hydroxylation sites is 1. The first-order valence-electron chi connectivity index (χ1n) is 7.16. The van der Waals surface area contributed by atoms with Gasteiger partial charge in [-0.05, 0) is 48.7 Å². The molecule has 4 heteroatoms. The largest absolute Gasteiger partial charge is 0.417 e. The Kier molecular flexibility index (Phi) is 4.17. The Morgan fingerprint density at radius 2 is 1.86 bits per heavy atom. The standard InChI is InChI=1S/C17H18N2O2/c20-17(21-16-4-2-1-3-5-16)19-15-8-6-13(7-9-15)14-10-11-18-12-14/h1-9,14,18H,10-12H2,(H,19,20)/t14-/m0/s1. The van der Waals surface area contributed by atoms with Gasteiger partial charge in [0.1, 0.15) is 5.75 Å². The van der Waals surface area contributed by atoms with E-state index in [1.54, 1.807) is 12.1 Å². The molecule has 2 N–H and O–H groups in total. The Morgan fingerprint density at radius 1 is 1.10 bits per heavy atom. The van der Waals surface area contributed by atoms with Crippen LogP contribution in [0, 0.1) is 0 Å². The summed E-state index contributed by atoms with van der Waals surface area (Å²) < 4.78 is 5.19. The van der Waals surface area contributed by atoms with Crippen LogP contribution in [-0.2, 0) is 0 Å². The third kappa shape index (κ3) is 3.61. The molecule has 1 heterocycles. The molecule has 2 aromatic rings. The summed E-state index contributed by atoms with van der Waals surface area (Å²) >= 11 is 0. The van der Waals surface area contributed by atoms with Gasteiger partial charge in [0.05, 0.1) is 0 Å². The number of hydrogen-bond donors (Lipinski definition) is 2. The number of hydrogen-bond acceptors (Lipinski definition) is 3. The maximum Gasteiger partial charge on any atom is 0.417 e. The van der Waals surface area contributed by atoms with Crippen LogP contribution in [0.1, 0.15) is 17.9 Å². The van der Waals surface area contributed by atoms with Gasteiger partial charge in [-0.2, -0.15) is 0 Å². The van der Waals surface area contributed by atoms with Gasteiger partial charge in [0.2, 0.25) is 0 Å². The monoisotopic (exact) mass is 282 g/mol. The molecule has 108 valence electrons. The highest BCUT2D eigenvalue weighted by atomic mass is 16.6. The highest BCUT2D eigenvalue weighted by molar-refractivity contribution is 5.86. The number of carbonyl (C=O) groups is 1. The highest BCUT2D eigenvalue weighted by Crippen LogP contribution is 2.23. The zero-order chi connectivity index (χ0) is 14.5. The molecule has 2 aromatic carbocycles. The minimum Gasteiger partial charge on any atom is -0.410 e. The fourth-order valence-corrected chi connectivity index (χ4v) is 2.52. The Balaban J connectivity index is 1.58. The van der Waals surface area contributed by atoms with E-state index in [9.17, 15) is 4.79 Å². The Morgan fingerprint density at radius 3 is 2.52 bits per heavy atom. The first-order chi connectivity index (χ1) is 10.3. The van der Waals surface area contributed by atoms with E-state index < -0.39 is 6.09 Å². The number of ether oxygens (including phenoxy) is 1. The van der Waals surface area contributed by atoms with Crippen LogP contribution >= 0.6 is 0 Å². The molecule has 3 rings (SSSR count). The average Bonchev–Trinajstić information content (AvgIpc) is 3.03. The van der Waals surface area contributed by atoms with E-state index in [0.29, 0.717) is 11.7 Å². The molecule has 0 aliphatic carbocycles. The molecule has 0 bridgehead atoms. The molecule has 0 saturated carbocycles. The number of rotatable bonds is 3. The van der Waals surface area contributed by atoms with Crippen LogP contribution in [-0.4, -0.2) is 19.2 Å². The van der Waals surface area contributed by atoms with Gasteiger partial charge < -0.3 is 10.1 Å². The zero-order valence-corrected chi connectivity index (χ0v) is 11.7. The van der Waals surface area contributed by atoms with Crippen molar-refractivity contribution in [1.82, 2.24) is 5.32 Å². The molecule has 21 heavy (non-hydrogen) atoms. The van der Waals surface area contributed by atoms with Crippen LogP contribution in [0.4, 0.5) is 10.5 Å². The van der Waals surface area contributed by atoms with Crippen molar-refractivity contribution >= 4 is 11.8 Å². The topological polar surface area (TPSA) is 50.4 Å². The molecule has 4 nitrogen and oxygen atoms in total. The average molecular weight is 282 g/mol. The molecular formula is C17H18N2O2. The van der Waals surface area contributed by atoms with E-state index in [0.717, 1.165) is 18.8 Å². The van der Waals surface area contributed by atoms with Crippen LogP contribution in [0.3, 0.4) is 0 Å². The fraction of sp³-hybridized carbons (Fsp3) is 0.235. The lowest BCUT2D eigenvalue weighted by Gasteiger charge is -2.10. The third-order valence-corrected chi connectivity index (χ3v) is 3.64. The molecule has 0 unspecified atom stereocenters. The number of carbonyl (C=O) groups excluding carboxylic acids is 1. The van der Waals surface area contributed by atoms with Gasteiger partial charge in [-0.1, -0.05) is 30.3 Å². The summed E-state index contributed by atoms with van der Waals surface area (Å²) in [5, 5.41) is 6.09. The van der Waals surface area contributed by atoms with Crippen molar-refractivity contribution in [3.8, 4) is 5.75 Å². The Labute approximate surface area is 124 Å². The smallest absolute Gasteiger partial charge is 0.410 e. The van der Waals surface area contributed by atoms with Crippen molar-refractivity contribution < 1.29 is 9.53 Å². The van der Waals surface area contributed by atoms with Crippen molar-refractivity contribution in [2.75, 3.05) is 18.4 Å². The fourth-order valence-electron chi connectivity index (χ4n) is 2.52. The van der Waals surface area contributed by atoms with Gasteiger partial charge in [0, 0.05) is 12.2 Å². The quantitative estimate of drug-likeness (QED) is 0.907. The van der Waals surface area contributed by atoms with Crippen molar-refractivity contribution in [3.63, 3.8) is 0 Å². The van der Waals surface area contributed by atoms with Crippen LogP contribution < -0.4 is 15.4 Å². The molecule has 1 aliphatic rings. The first-order valence-corrected chi connectivity index (χ1v) is 7.16. The number of anilines is 1. The van der Waals surface area contributed by atoms with Gasteiger partial charge in [-0.25, -0.2) is 4.79 Å². The normalized spacial score (nSPS) is 17.4. The molecule has 0 aromatic heterocycles. The lowest BCUT2D eigenvalue weighted by molar-refractivity contribution is 0.215. The maximum absolute atomic E-state index is 11.8. The SMILES string of the molecule is O=C(Nc1ccc([C@H]2CCNC2)cc1)Oc1ccccc1. The maximum atomic E-state index is 11.8. The first kappa shape index (κ1) is 13.6. The van der Waals surface area contributed by atoms with Crippen LogP contribution in [0.25, 0.3) is 0 Å². The molecular weight excluding hydrogens is 264 g/mol. The third-order valence-electron chi connectivity index (χ3n) is 3.64. The number of nitrogens with one attached hydrogen (secondary N) is 2. The Hall–Kier alpha value is -2.33. The summed E-state index contributed by atoms with van der Waals surface area (Å²) in [4.78, 5) is 11.8. The minimum absolute atomic E-state index is 0.475. The van der Waals surface area contributed by atoms with Gasteiger partial charge in [-0.3, -0.25) is 5.32 Å². The highest BCUT2D eigenvalue weighted by Gasteiger charge is 2.16. The summed E-state index contributed by atoms with van der Waals surface area (Å²) in [7, 11) is 0. The summed E-state index contributed by atoms with van der Waals surface area (Å²) in [6.07, 6.45) is 0.694. The Bertz CT molecular complexity index is 590. The van der Waals surface area contributed by atoms with Crippen LogP contribution in [0.5, 0.6) is 5.75 Å². The van der Waals surface area contributed by atoms with Gasteiger partial charge in [0.25, 0.3) is 0 Å². The van der Waals surface area contributed by atoms with E-state index in [4.69, 9.17) is 4.74 Å². The van der Waals surface area contributed by atoms with Crippen LogP contribution in [0.15, 0.2) is 54.6 Å². The van der Waals surface area contributed by atoms with Crippen molar-refractivity contribution in [3.05, 3.63) is 60.2 Å². The molecule has 0 spiro atoms. The lowest BCUT2D eigenvalue weighted by Crippen LogP contribution is -2.16. The molecule has 1 saturated heterocycles. The molecule has 1 atom stereocenters. The van der Waals surface area contributed by atoms with E-state index >= 15 is 0 Å². The van der Waals surface area contributed by atoms with Gasteiger partial charge >= 0.3 is 6.09 Å². The summed E-state index contributed by atoms with van der Waals surface area (Å²) in [5.74, 6) is 1.11. The molecule has 0 radical (unpaired) electrons. The summed E-state index contributed by atoms with van der Waals surface area (Å²) in [5.41, 5.74) is 2.05. The van der Waals surface area contributed by atoms with E-state index in [1.807, 2.05) is 30.3 Å². The van der Waals surface area contributed by atoms with E-state index in [-0.39, 0.29) is 0 Å².